The third kappa shape index (κ3) is 3.42. The van der Waals surface area contributed by atoms with Crippen LogP contribution in [0.2, 0.25) is 0 Å². The maximum absolute atomic E-state index is 12.5. The van der Waals surface area contributed by atoms with Gasteiger partial charge in [-0.1, -0.05) is 0 Å². The lowest BCUT2D eigenvalue weighted by Crippen LogP contribution is -2.48. The number of ether oxygens (including phenoxy) is 1. The number of carbonyl (C=O) groups excluding carboxylic acids is 2. The molecule has 27 heavy (non-hydrogen) atoms. The van der Waals surface area contributed by atoms with E-state index >= 15 is 0 Å². The van der Waals surface area contributed by atoms with Crippen molar-refractivity contribution in [2.75, 3.05) is 19.8 Å². The first-order valence-corrected chi connectivity index (χ1v) is 10.0. The van der Waals surface area contributed by atoms with Crippen LogP contribution < -0.4 is 5.32 Å². The maximum atomic E-state index is 12.5. The molecule has 1 saturated heterocycles. The summed E-state index contributed by atoms with van der Waals surface area (Å²) >= 11 is 0. The topological polar surface area (TPSA) is 130 Å². The molecule has 2 aliphatic rings. The van der Waals surface area contributed by atoms with Gasteiger partial charge in [0.05, 0.1) is 12.2 Å². The molecule has 10 heteroatoms. The highest BCUT2D eigenvalue weighted by Gasteiger charge is 2.41. The molecule has 2 unspecified atom stereocenters. The van der Waals surface area contributed by atoms with Crippen molar-refractivity contribution >= 4 is 27.8 Å². The summed E-state index contributed by atoms with van der Waals surface area (Å²) in [5.74, 6) is -2.90. The Balaban J connectivity index is 1.86. The molecule has 2 heterocycles. The average molecular weight is 396 g/mol. The van der Waals surface area contributed by atoms with Crippen LogP contribution in [-0.4, -0.2) is 61.4 Å². The molecule has 0 saturated carbocycles. The molecule has 146 valence electrons. The molecule has 2 N–H and O–H groups in total. The minimum absolute atomic E-state index is 0.00358. The van der Waals surface area contributed by atoms with Crippen LogP contribution in [0, 0.1) is 5.92 Å². The highest BCUT2D eigenvalue weighted by Crippen LogP contribution is 2.30. The summed E-state index contributed by atoms with van der Waals surface area (Å²) < 4.78 is 30.9. The quantitative estimate of drug-likeness (QED) is 0.739. The normalized spacial score (nSPS) is 22.2. The molecule has 9 nitrogen and oxygen atoms in total. The number of amides is 2. The second-order valence-corrected chi connectivity index (χ2v) is 8.28. The highest BCUT2D eigenvalue weighted by atomic mass is 32.2. The lowest BCUT2D eigenvalue weighted by Gasteiger charge is -2.28. The molecular formula is C17H20N2O7S. The molecule has 1 fully saturated rings. The maximum Gasteiger partial charge on any atom is 0.326 e. The second kappa shape index (κ2) is 7.28. The molecule has 2 atom stereocenters. The Kier molecular flexibility index (Phi) is 5.20. The number of carboxylic acid groups (broad SMARTS) is 1. The summed E-state index contributed by atoms with van der Waals surface area (Å²) in [7, 11) is -4.00. The van der Waals surface area contributed by atoms with Gasteiger partial charge in [-0.05, 0) is 38.0 Å². The summed E-state index contributed by atoms with van der Waals surface area (Å²) in [5.41, 5.74) is -0.0186. The molecular weight excluding hydrogens is 376 g/mol. The lowest BCUT2D eigenvalue weighted by molar-refractivity contribution is -0.142. The Bertz CT molecular complexity index is 891. The lowest BCUT2D eigenvalue weighted by atomic mass is 9.93. The van der Waals surface area contributed by atoms with Crippen LogP contribution in [0.1, 0.15) is 40.5 Å². The molecule has 1 aromatic carbocycles. The fourth-order valence-electron chi connectivity index (χ4n) is 3.36. The zero-order chi connectivity index (χ0) is 19.8. The van der Waals surface area contributed by atoms with Crippen LogP contribution in [-0.2, 0) is 19.6 Å². The molecule has 3 rings (SSSR count). The van der Waals surface area contributed by atoms with Gasteiger partial charge in [0.25, 0.3) is 21.8 Å². The largest absolute Gasteiger partial charge is 0.480 e. The van der Waals surface area contributed by atoms with E-state index in [2.05, 4.69) is 5.32 Å². The Hall–Kier alpha value is -2.46. The van der Waals surface area contributed by atoms with E-state index in [0.717, 1.165) is 10.4 Å². The molecule has 2 aliphatic heterocycles. The molecule has 0 aromatic heterocycles. The van der Waals surface area contributed by atoms with E-state index in [4.69, 9.17) is 4.74 Å². The molecule has 0 bridgehead atoms. The van der Waals surface area contributed by atoms with Crippen LogP contribution in [0.3, 0.4) is 0 Å². The van der Waals surface area contributed by atoms with Gasteiger partial charge in [-0.3, -0.25) is 9.59 Å². The first-order chi connectivity index (χ1) is 12.8. The summed E-state index contributed by atoms with van der Waals surface area (Å²) in [6.45, 7) is 2.32. The van der Waals surface area contributed by atoms with E-state index in [0.29, 0.717) is 19.4 Å². The standard InChI is InChI=1S/C17H20N2O7S/c1-2-19-16(21)12-6-5-10(8-13(12)27(19,24)25)15(20)18-14(17(22)23)11-4-3-7-26-9-11/h5-6,8,11,14H,2-4,7,9H2,1H3,(H,18,20)(H,22,23). The number of aliphatic carboxylic acids is 1. The molecule has 2 amide bonds. The second-order valence-electron chi connectivity index (χ2n) is 6.45. The summed E-state index contributed by atoms with van der Waals surface area (Å²) in [6, 6.07) is 2.57. The first-order valence-electron chi connectivity index (χ1n) is 8.60. The monoisotopic (exact) mass is 396 g/mol. The fraction of sp³-hybridized carbons (Fsp3) is 0.471. The number of benzene rings is 1. The van der Waals surface area contributed by atoms with E-state index in [9.17, 15) is 27.9 Å². The van der Waals surface area contributed by atoms with Crippen molar-refractivity contribution in [1.82, 2.24) is 9.62 Å². The van der Waals surface area contributed by atoms with Crippen LogP contribution in [0.15, 0.2) is 23.1 Å². The number of carboxylic acids is 1. The molecule has 1 aromatic rings. The summed E-state index contributed by atoms with van der Waals surface area (Å²) in [4.78, 5) is 36.0. The summed E-state index contributed by atoms with van der Waals surface area (Å²) in [6.07, 6.45) is 1.31. The third-order valence-corrected chi connectivity index (χ3v) is 6.67. The number of nitrogens with zero attached hydrogens (tertiary/aromatic N) is 1. The Morgan fingerprint density at radius 2 is 2.15 bits per heavy atom. The number of sulfonamides is 1. The van der Waals surface area contributed by atoms with Crippen molar-refractivity contribution < 1.29 is 32.6 Å². The smallest absolute Gasteiger partial charge is 0.326 e. The molecule has 0 spiro atoms. The predicted octanol–water partition coefficient (Wildman–Crippen LogP) is 0.461. The highest BCUT2D eigenvalue weighted by molar-refractivity contribution is 7.90. The number of fused-ring (bicyclic) bond motifs is 1. The van der Waals surface area contributed by atoms with E-state index in [-0.39, 0.29) is 35.1 Å². The van der Waals surface area contributed by atoms with Gasteiger partial charge >= 0.3 is 5.97 Å². The third-order valence-electron chi connectivity index (χ3n) is 4.78. The van der Waals surface area contributed by atoms with E-state index in [1.807, 2.05) is 0 Å². The number of nitrogens with one attached hydrogen (secondary N) is 1. The van der Waals surface area contributed by atoms with E-state index < -0.39 is 33.8 Å². The average Bonchev–Trinajstić information content (AvgIpc) is 2.85. The zero-order valence-corrected chi connectivity index (χ0v) is 15.5. The van der Waals surface area contributed by atoms with Gasteiger partial charge in [0.15, 0.2) is 0 Å². The van der Waals surface area contributed by atoms with Crippen LogP contribution >= 0.6 is 0 Å². The van der Waals surface area contributed by atoms with Gasteiger partial charge in [0.1, 0.15) is 10.9 Å². The van der Waals surface area contributed by atoms with Gasteiger partial charge in [-0.15, -0.1) is 0 Å². The van der Waals surface area contributed by atoms with Gasteiger partial charge in [0, 0.05) is 24.6 Å². The molecule has 0 aliphatic carbocycles. The van der Waals surface area contributed by atoms with E-state index in [1.54, 1.807) is 6.92 Å². The Labute approximate surface area is 156 Å². The van der Waals surface area contributed by atoms with Gasteiger partial charge in [0.2, 0.25) is 0 Å². The van der Waals surface area contributed by atoms with Crippen LogP contribution in [0.25, 0.3) is 0 Å². The zero-order valence-electron chi connectivity index (χ0n) is 14.7. The SMILES string of the molecule is CCN1C(=O)c2ccc(C(=O)NC(C(=O)O)C3CCCOC3)cc2S1(=O)=O. The first kappa shape index (κ1) is 19.3. The van der Waals surface area contributed by atoms with Crippen LogP contribution in [0.5, 0.6) is 0 Å². The fourth-order valence-corrected chi connectivity index (χ4v) is 4.97. The van der Waals surface area contributed by atoms with Gasteiger partial charge in [-0.25, -0.2) is 17.5 Å². The number of hydrogen-bond acceptors (Lipinski definition) is 6. The number of hydrogen-bond donors (Lipinski definition) is 2. The van der Waals surface area contributed by atoms with Crippen LogP contribution in [0.4, 0.5) is 0 Å². The van der Waals surface area contributed by atoms with Crippen molar-refractivity contribution in [3.8, 4) is 0 Å². The Morgan fingerprint density at radius 1 is 1.41 bits per heavy atom. The van der Waals surface area contributed by atoms with Gasteiger partial charge < -0.3 is 15.2 Å². The minimum atomic E-state index is -4.00. The predicted molar refractivity (Wildman–Crippen MR) is 92.8 cm³/mol. The van der Waals surface area contributed by atoms with Crippen molar-refractivity contribution in [3.05, 3.63) is 29.3 Å². The van der Waals surface area contributed by atoms with Crippen molar-refractivity contribution in [2.45, 2.75) is 30.7 Å². The van der Waals surface area contributed by atoms with Crippen molar-refractivity contribution in [3.63, 3.8) is 0 Å². The number of rotatable bonds is 5. The van der Waals surface area contributed by atoms with E-state index in [1.165, 1.54) is 12.1 Å². The van der Waals surface area contributed by atoms with Gasteiger partial charge in [-0.2, -0.15) is 0 Å². The minimum Gasteiger partial charge on any atom is -0.480 e. The molecule has 0 radical (unpaired) electrons. The van der Waals surface area contributed by atoms with Crippen molar-refractivity contribution in [2.24, 2.45) is 5.92 Å². The van der Waals surface area contributed by atoms with Crippen molar-refractivity contribution in [1.29, 1.82) is 0 Å². The number of carbonyl (C=O) groups is 3. The Morgan fingerprint density at radius 3 is 2.74 bits per heavy atom. The summed E-state index contributed by atoms with van der Waals surface area (Å²) in [5, 5.41) is 11.9.